The Balaban J connectivity index is 1.42. The number of anilines is 1. The molecule has 5 rings (SSSR count). The molecule has 2 amide bonds. The fourth-order valence-corrected chi connectivity index (χ4v) is 5.00. The molecule has 2 bridgehead atoms. The molecule has 2 aliphatic heterocycles. The first kappa shape index (κ1) is 22.7. The Kier molecular flexibility index (Phi) is 5.40. The van der Waals surface area contributed by atoms with E-state index in [4.69, 9.17) is 10.5 Å². The minimum atomic E-state index is -0.384. The first-order chi connectivity index (χ1) is 16.7. The number of aryl methyl sites for hydroxylation is 2. The van der Waals surface area contributed by atoms with Crippen molar-refractivity contribution in [1.29, 1.82) is 0 Å². The van der Waals surface area contributed by atoms with Crippen molar-refractivity contribution in [3.8, 4) is 0 Å². The van der Waals surface area contributed by atoms with E-state index in [-0.39, 0.29) is 24.0 Å². The van der Waals surface area contributed by atoms with Crippen molar-refractivity contribution >= 4 is 23.9 Å². The molecule has 35 heavy (non-hydrogen) atoms. The Morgan fingerprint density at radius 2 is 1.74 bits per heavy atom. The number of nitrogen functional groups attached to an aromatic ring is 1. The lowest BCUT2D eigenvalue weighted by Crippen LogP contribution is -2.24. The van der Waals surface area contributed by atoms with Crippen LogP contribution in [-0.2, 0) is 11.3 Å². The summed E-state index contributed by atoms with van der Waals surface area (Å²) in [7, 11) is 3.31. The van der Waals surface area contributed by atoms with Crippen molar-refractivity contribution in [2.45, 2.75) is 32.6 Å². The molecule has 2 aromatic carbocycles. The van der Waals surface area contributed by atoms with E-state index in [1.165, 1.54) is 4.90 Å². The number of rotatable bonds is 5. The first-order valence-electron chi connectivity index (χ1n) is 11.3. The van der Waals surface area contributed by atoms with E-state index in [0.717, 1.165) is 39.1 Å². The standard InChI is InChI=1S/C27H26N4O4/c1-13-7-23(28)30-14(2)22(13)11-29-26(33)15-5-6-17-19(8-15)25-20-9-16(12-32)18(27(34)31(3)4)10-21(20)24(17)35-25/h5-10,12,24-25H,11H2,1-4H3,(H2,28,30)(H,29,33). The Bertz CT molecular complexity index is 1390. The van der Waals surface area contributed by atoms with Crippen LogP contribution in [0.25, 0.3) is 0 Å². The van der Waals surface area contributed by atoms with Crippen LogP contribution in [-0.4, -0.2) is 42.1 Å². The molecule has 0 saturated carbocycles. The lowest BCUT2D eigenvalue weighted by Gasteiger charge is -2.20. The van der Waals surface area contributed by atoms with Crippen LogP contribution in [0.3, 0.4) is 0 Å². The highest BCUT2D eigenvalue weighted by Crippen LogP contribution is 2.54. The number of aldehydes is 1. The number of hydrogen-bond donors (Lipinski definition) is 2. The van der Waals surface area contributed by atoms with Gasteiger partial charge in [0.2, 0.25) is 0 Å². The molecule has 0 fully saturated rings. The quantitative estimate of drug-likeness (QED) is 0.553. The van der Waals surface area contributed by atoms with Crippen LogP contribution >= 0.6 is 0 Å². The summed E-state index contributed by atoms with van der Waals surface area (Å²) in [4.78, 5) is 43.0. The Morgan fingerprint density at radius 1 is 1.06 bits per heavy atom. The second-order valence-electron chi connectivity index (χ2n) is 9.24. The summed E-state index contributed by atoms with van der Waals surface area (Å²) in [5.41, 5.74) is 13.3. The number of nitrogens with one attached hydrogen (secondary N) is 1. The fourth-order valence-electron chi connectivity index (χ4n) is 5.00. The number of carbonyl (C=O) groups excluding carboxylic acids is 3. The molecular formula is C27H26N4O4. The van der Waals surface area contributed by atoms with Crippen molar-refractivity contribution in [2.75, 3.05) is 19.8 Å². The molecule has 0 saturated heterocycles. The molecule has 3 aromatic rings. The molecule has 178 valence electrons. The molecule has 2 aliphatic rings. The molecule has 1 aromatic heterocycles. The summed E-state index contributed by atoms with van der Waals surface area (Å²) in [6, 6.07) is 10.8. The van der Waals surface area contributed by atoms with E-state index in [1.54, 1.807) is 38.4 Å². The smallest absolute Gasteiger partial charge is 0.254 e. The largest absolute Gasteiger partial charge is 0.384 e. The molecule has 2 atom stereocenters. The van der Waals surface area contributed by atoms with Crippen LogP contribution in [0.5, 0.6) is 0 Å². The van der Waals surface area contributed by atoms with Gasteiger partial charge in [-0.3, -0.25) is 14.4 Å². The average molecular weight is 471 g/mol. The van der Waals surface area contributed by atoms with Gasteiger partial charge in [0.05, 0.1) is 5.56 Å². The van der Waals surface area contributed by atoms with Crippen molar-refractivity contribution in [2.24, 2.45) is 0 Å². The zero-order valence-corrected chi connectivity index (χ0v) is 20.0. The number of hydrogen-bond acceptors (Lipinski definition) is 6. The van der Waals surface area contributed by atoms with E-state index in [1.807, 2.05) is 26.0 Å². The van der Waals surface area contributed by atoms with Crippen molar-refractivity contribution in [3.05, 3.63) is 92.2 Å². The Labute approximate surface area is 203 Å². The number of ether oxygens (including phenoxy) is 1. The van der Waals surface area contributed by atoms with Crippen LogP contribution < -0.4 is 11.1 Å². The van der Waals surface area contributed by atoms with Gasteiger partial charge in [-0.05, 0) is 77.6 Å². The van der Waals surface area contributed by atoms with Crippen LogP contribution in [0.2, 0.25) is 0 Å². The van der Waals surface area contributed by atoms with E-state index in [0.29, 0.717) is 35.3 Å². The molecule has 0 radical (unpaired) electrons. The SMILES string of the molecule is Cc1cc(N)nc(C)c1CNC(=O)c1ccc2c(c1)C1OC2c2cc(C(=O)N(C)C)c(C=O)cc21. The number of benzene rings is 2. The van der Waals surface area contributed by atoms with Crippen molar-refractivity contribution in [1.82, 2.24) is 15.2 Å². The average Bonchev–Trinajstić information content (AvgIpc) is 3.38. The summed E-state index contributed by atoms with van der Waals surface area (Å²) in [5, 5.41) is 2.97. The molecule has 3 N–H and O–H groups in total. The highest BCUT2D eigenvalue weighted by molar-refractivity contribution is 6.02. The number of nitrogens with zero attached hydrogens (tertiary/aromatic N) is 2. The minimum Gasteiger partial charge on any atom is -0.384 e. The molecule has 8 nitrogen and oxygen atoms in total. The predicted molar refractivity (Wildman–Crippen MR) is 130 cm³/mol. The van der Waals surface area contributed by atoms with Gasteiger partial charge in [0.15, 0.2) is 6.29 Å². The third-order valence-electron chi connectivity index (χ3n) is 6.77. The number of amides is 2. The van der Waals surface area contributed by atoms with Crippen LogP contribution in [0.4, 0.5) is 5.82 Å². The maximum Gasteiger partial charge on any atom is 0.254 e. The van der Waals surface area contributed by atoms with Gasteiger partial charge < -0.3 is 20.7 Å². The van der Waals surface area contributed by atoms with Gasteiger partial charge in [0.25, 0.3) is 11.8 Å². The summed E-state index contributed by atoms with van der Waals surface area (Å²) in [6.45, 7) is 4.16. The Hall–Kier alpha value is -4.04. The van der Waals surface area contributed by atoms with Gasteiger partial charge in [-0.15, -0.1) is 0 Å². The zero-order valence-electron chi connectivity index (χ0n) is 20.0. The van der Waals surface area contributed by atoms with Gasteiger partial charge in [-0.2, -0.15) is 0 Å². The fraction of sp³-hybridized carbons (Fsp3) is 0.259. The van der Waals surface area contributed by atoms with E-state index in [2.05, 4.69) is 10.3 Å². The van der Waals surface area contributed by atoms with E-state index >= 15 is 0 Å². The number of aromatic nitrogens is 1. The monoisotopic (exact) mass is 470 g/mol. The molecular weight excluding hydrogens is 444 g/mol. The number of fused-ring (bicyclic) bond motifs is 8. The first-order valence-corrected chi connectivity index (χ1v) is 11.3. The van der Waals surface area contributed by atoms with Crippen LogP contribution in [0.15, 0.2) is 36.4 Å². The number of carbonyl (C=O) groups is 3. The van der Waals surface area contributed by atoms with Crippen LogP contribution in [0, 0.1) is 13.8 Å². The summed E-state index contributed by atoms with van der Waals surface area (Å²) >= 11 is 0. The lowest BCUT2D eigenvalue weighted by molar-refractivity contribution is 0.0822. The molecule has 0 aliphatic carbocycles. The van der Waals surface area contributed by atoms with Gasteiger partial charge >= 0.3 is 0 Å². The zero-order chi connectivity index (χ0) is 25.0. The molecule has 8 heteroatoms. The summed E-state index contributed by atoms with van der Waals surface area (Å²) in [5.74, 6) is 0.0265. The third-order valence-corrected chi connectivity index (χ3v) is 6.77. The van der Waals surface area contributed by atoms with Crippen molar-refractivity contribution < 1.29 is 19.1 Å². The highest BCUT2D eigenvalue weighted by atomic mass is 16.5. The maximum absolute atomic E-state index is 13.0. The summed E-state index contributed by atoms with van der Waals surface area (Å²) < 4.78 is 6.22. The Morgan fingerprint density at radius 3 is 2.43 bits per heavy atom. The highest BCUT2D eigenvalue weighted by Gasteiger charge is 2.43. The predicted octanol–water partition coefficient (Wildman–Crippen LogP) is 3.25. The van der Waals surface area contributed by atoms with E-state index in [9.17, 15) is 14.4 Å². The third kappa shape index (κ3) is 3.66. The van der Waals surface area contributed by atoms with Gasteiger partial charge in [0.1, 0.15) is 18.0 Å². The van der Waals surface area contributed by atoms with Crippen molar-refractivity contribution in [3.63, 3.8) is 0 Å². The number of pyridine rings is 1. The van der Waals surface area contributed by atoms with E-state index < -0.39 is 0 Å². The van der Waals surface area contributed by atoms with Crippen LogP contribution in [0.1, 0.15) is 82.4 Å². The second kappa shape index (κ2) is 8.32. The topological polar surface area (TPSA) is 115 Å². The summed E-state index contributed by atoms with van der Waals surface area (Å²) in [6.07, 6.45) is -0.0162. The molecule has 0 spiro atoms. The number of nitrogens with two attached hydrogens (primary N) is 1. The lowest BCUT2D eigenvalue weighted by atomic mass is 9.83. The second-order valence-corrected chi connectivity index (χ2v) is 9.24. The minimum absolute atomic E-state index is 0.202. The van der Waals surface area contributed by atoms with Gasteiger partial charge in [0, 0.05) is 37.5 Å². The van der Waals surface area contributed by atoms with Gasteiger partial charge in [-0.1, -0.05) is 6.07 Å². The molecule has 3 heterocycles. The maximum atomic E-state index is 13.0. The van der Waals surface area contributed by atoms with Gasteiger partial charge in [-0.25, -0.2) is 4.98 Å². The molecule has 2 unspecified atom stereocenters. The normalized spacial score (nSPS) is 17.0.